The van der Waals surface area contributed by atoms with Crippen molar-refractivity contribution in [2.24, 2.45) is 10.7 Å². The van der Waals surface area contributed by atoms with E-state index < -0.39 is 0 Å². The summed E-state index contributed by atoms with van der Waals surface area (Å²) in [6.07, 6.45) is 0. The van der Waals surface area contributed by atoms with E-state index in [1.807, 2.05) is 0 Å². The van der Waals surface area contributed by atoms with E-state index in [9.17, 15) is 0 Å². The van der Waals surface area contributed by atoms with Crippen molar-refractivity contribution in [3.05, 3.63) is 0 Å². The highest BCUT2D eigenvalue weighted by Crippen LogP contribution is 2.15. The lowest BCUT2D eigenvalue weighted by molar-refractivity contribution is 0.0877. The lowest BCUT2D eigenvalue weighted by Crippen LogP contribution is -2.56. The van der Waals surface area contributed by atoms with Crippen LogP contribution in [-0.4, -0.2) is 53.5 Å². The molecule has 0 saturated carbocycles. The molecule has 1 aliphatic heterocycles. The van der Waals surface area contributed by atoms with Gasteiger partial charge in [0.15, 0.2) is 5.96 Å². The average Bonchev–Trinajstić information content (AvgIpc) is 2.15. The van der Waals surface area contributed by atoms with Crippen LogP contribution in [0.2, 0.25) is 0 Å². The molecule has 1 saturated heterocycles. The summed E-state index contributed by atoms with van der Waals surface area (Å²) in [5.74, 6) is 0.698. The van der Waals surface area contributed by atoms with Crippen LogP contribution in [0.3, 0.4) is 0 Å². The Bertz CT molecular complexity index is 244. The van der Waals surface area contributed by atoms with Crippen molar-refractivity contribution < 1.29 is 0 Å². The lowest BCUT2D eigenvalue weighted by Gasteiger charge is -2.42. The van der Waals surface area contributed by atoms with E-state index >= 15 is 0 Å². The van der Waals surface area contributed by atoms with E-state index in [4.69, 9.17) is 5.73 Å². The Morgan fingerprint density at radius 2 is 1.62 bits per heavy atom. The number of guanidine groups is 1. The third-order valence-electron chi connectivity index (χ3n) is 2.94. The molecular weight excluding hydrogens is 200 g/mol. The summed E-state index contributed by atoms with van der Waals surface area (Å²) in [6.45, 7) is 15.0. The summed E-state index contributed by atoms with van der Waals surface area (Å²) < 4.78 is 0. The zero-order valence-corrected chi connectivity index (χ0v) is 11.3. The van der Waals surface area contributed by atoms with E-state index in [0.29, 0.717) is 5.96 Å². The Kier molecular flexibility index (Phi) is 4.19. The van der Waals surface area contributed by atoms with Crippen molar-refractivity contribution >= 4 is 5.96 Å². The molecule has 0 aliphatic carbocycles. The molecule has 0 bridgehead atoms. The predicted octanol–water partition coefficient (Wildman–Crippen LogP) is 1.13. The molecule has 1 heterocycles. The van der Waals surface area contributed by atoms with Gasteiger partial charge < -0.3 is 10.6 Å². The molecule has 0 aromatic carbocycles. The maximum Gasteiger partial charge on any atom is 0.191 e. The van der Waals surface area contributed by atoms with Gasteiger partial charge >= 0.3 is 0 Å². The van der Waals surface area contributed by atoms with Crippen LogP contribution < -0.4 is 5.73 Å². The first-order chi connectivity index (χ1) is 7.30. The van der Waals surface area contributed by atoms with Gasteiger partial charge in [-0.25, -0.2) is 0 Å². The van der Waals surface area contributed by atoms with Crippen LogP contribution in [0.4, 0.5) is 0 Å². The summed E-state index contributed by atoms with van der Waals surface area (Å²) in [5, 5.41) is 0. The van der Waals surface area contributed by atoms with Gasteiger partial charge in [-0.3, -0.25) is 9.89 Å². The second-order valence-corrected chi connectivity index (χ2v) is 5.73. The molecule has 0 radical (unpaired) electrons. The fourth-order valence-electron chi connectivity index (χ4n) is 1.95. The van der Waals surface area contributed by atoms with Crippen LogP contribution in [0.5, 0.6) is 0 Å². The summed E-state index contributed by atoms with van der Waals surface area (Å²) in [5.41, 5.74) is 6.22. The van der Waals surface area contributed by atoms with Crippen molar-refractivity contribution in [2.75, 3.05) is 26.2 Å². The van der Waals surface area contributed by atoms with Crippen molar-refractivity contribution in [1.29, 1.82) is 0 Å². The number of nitrogens with two attached hydrogens (primary N) is 1. The molecule has 4 heteroatoms. The molecular formula is C12H26N4. The minimum atomic E-state index is 0.260. The molecule has 1 aliphatic rings. The third kappa shape index (κ3) is 3.67. The topological polar surface area (TPSA) is 44.9 Å². The van der Waals surface area contributed by atoms with Gasteiger partial charge in [0.05, 0.1) is 0 Å². The number of hydrogen-bond donors (Lipinski definition) is 1. The Balaban J connectivity index is 2.49. The molecule has 0 aromatic heterocycles. The fraction of sp³-hybridized carbons (Fsp3) is 0.917. The molecule has 0 atom stereocenters. The summed E-state index contributed by atoms with van der Waals surface area (Å²) in [4.78, 5) is 9.07. The highest BCUT2D eigenvalue weighted by molar-refractivity contribution is 5.78. The monoisotopic (exact) mass is 226 g/mol. The first kappa shape index (κ1) is 13.3. The van der Waals surface area contributed by atoms with Gasteiger partial charge in [-0.1, -0.05) is 0 Å². The molecule has 0 amide bonds. The predicted molar refractivity (Wildman–Crippen MR) is 69.7 cm³/mol. The van der Waals surface area contributed by atoms with Crippen LogP contribution in [0.15, 0.2) is 4.99 Å². The van der Waals surface area contributed by atoms with Gasteiger partial charge in [0.25, 0.3) is 0 Å². The number of hydrogen-bond acceptors (Lipinski definition) is 2. The van der Waals surface area contributed by atoms with Crippen molar-refractivity contribution in [3.63, 3.8) is 0 Å². The standard InChI is InChI=1S/C12H26N4/c1-10(2)14-11(13)15-6-8-16(9-7-15)12(3,4)5/h10H,6-9H2,1-5H3,(H2,13,14). The van der Waals surface area contributed by atoms with Gasteiger partial charge in [-0.05, 0) is 34.6 Å². The number of nitrogens with zero attached hydrogens (tertiary/aromatic N) is 3. The zero-order valence-electron chi connectivity index (χ0n) is 11.3. The third-order valence-corrected chi connectivity index (χ3v) is 2.94. The quantitative estimate of drug-likeness (QED) is 0.538. The minimum absolute atomic E-state index is 0.260. The minimum Gasteiger partial charge on any atom is -0.370 e. The van der Waals surface area contributed by atoms with Gasteiger partial charge in [0.1, 0.15) is 0 Å². The molecule has 94 valence electrons. The molecule has 4 nitrogen and oxygen atoms in total. The van der Waals surface area contributed by atoms with Gasteiger partial charge in [0.2, 0.25) is 0 Å². The van der Waals surface area contributed by atoms with E-state index in [-0.39, 0.29) is 11.6 Å². The molecule has 1 fully saturated rings. The maximum atomic E-state index is 5.96. The van der Waals surface area contributed by atoms with E-state index in [2.05, 4.69) is 49.4 Å². The van der Waals surface area contributed by atoms with Crippen LogP contribution >= 0.6 is 0 Å². The summed E-state index contributed by atoms with van der Waals surface area (Å²) >= 11 is 0. The van der Waals surface area contributed by atoms with Crippen molar-refractivity contribution in [2.45, 2.75) is 46.2 Å². The van der Waals surface area contributed by atoms with E-state index in [0.717, 1.165) is 26.2 Å². The van der Waals surface area contributed by atoms with Crippen LogP contribution in [0, 0.1) is 0 Å². The largest absolute Gasteiger partial charge is 0.370 e. The van der Waals surface area contributed by atoms with E-state index in [1.54, 1.807) is 0 Å². The number of piperazine rings is 1. The van der Waals surface area contributed by atoms with Gasteiger partial charge in [-0.2, -0.15) is 0 Å². The second-order valence-electron chi connectivity index (χ2n) is 5.73. The van der Waals surface area contributed by atoms with Crippen LogP contribution in [0.1, 0.15) is 34.6 Å². The highest BCUT2D eigenvalue weighted by atomic mass is 15.3. The van der Waals surface area contributed by atoms with Crippen LogP contribution in [0.25, 0.3) is 0 Å². The van der Waals surface area contributed by atoms with Crippen molar-refractivity contribution in [3.8, 4) is 0 Å². The van der Waals surface area contributed by atoms with E-state index in [1.165, 1.54) is 0 Å². The molecule has 0 unspecified atom stereocenters. The molecule has 1 rings (SSSR count). The van der Waals surface area contributed by atoms with Gasteiger partial charge in [0, 0.05) is 37.8 Å². The van der Waals surface area contributed by atoms with Gasteiger partial charge in [-0.15, -0.1) is 0 Å². The fourth-order valence-corrected chi connectivity index (χ4v) is 1.95. The summed E-state index contributed by atoms with van der Waals surface area (Å²) in [6, 6.07) is 0.278. The Morgan fingerprint density at radius 3 is 2.00 bits per heavy atom. The Morgan fingerprint density at radius 1 is 1.12 bits per heavy atom. The number of rotatable bonds is 1. The Labute approximate surface area is 99.5 Å². The zero-order chi connectivity index (χ0) is 12.3. The lowest BCUT2D eigenvalue weighted by atomic mass is 10.1. The maximum absolute atomic E-state index is 5.96. The average molecular weight is 226 g/mol. The smallest absolute Gasteiger partial charge is 0.191 e. The molecule has 0 spiro atoms. The van der Waals surface area contributed by atoms with Crippen LogP contribution in [-0.2, 0) is 0 Å². The first-order valence-electron chi connectivity index (χ1n) is 6.14. The SMILES string of the molecule is CC(C)N=C(N)N1CCN(C(C)(C)C)CC1. The molecule has 16 heavy (non-hydrogen) atoms. The Hall–Kier alpha value is -0.770. The number of aliphatic imine (C=N–C) groups is 1. The highest BCUT2D eigenvalue weighted by Gasteiger charge is 2.26. The first-order valence-corrected chi connectivity index (χ1v) is 6.14. The normalized spacial score (nSPS) is 20.6. The molecule has 0 aromatic rings. The molecule has 2 N–H and O–H groups in total. The second kappa shape index (κ2) is 5.04. The summed E-state index contributed by atoms with van der Waals surface area (Å²) in [7, 11) is 0. The van der Waals surface area contributed by atoms with Crippen molar-refractivity contribution in [1.82, 2.24) is 9.80 Å².